The number of hydrogen-bond donors (Lipinski definition) is 1. The quantitative estimate of drug-likeness (QED) is 0.844. The molecule has 0 aliphatic heterocycles. The zero-order chi connectivity index (χ0) is 17.1. The summed E-state index contributed by atoms with van der Waals surface area (Å²) in [6.07, 6.45) is 5.13. The van der Waals surface area contributed by atoms with Crippen molar-refractivity contribution in [3.05, 3.63) is 35.4 Å². The van der Waals surface area contributed by atoms with Crippen molar-refractivity contribution in [2.45, 2.75) is 38.6 Å². The number of ether oxygens (including phenoxy) is 1. The highest BCUT2D eigenvalue weighted by atomic mass is 16.5. The molecule has 3 rings (SSSR count). The lowest BCUT2D eigenvalue weighted by molar-refractivity contribution is -0.125. The van der Waals surface area contributed by atoms with E-state index in [1.54, 1.807) is 12.1 Å². The third-order valence-electron chi connectivity index (χ3n) is 5.41. The van der Waals surface area contributed by atoms with Crippen LogP contribution in [0, 0.1) is 29.1 Å². The summed E-state index contributed by atoms with van der Waals surface area (Å²) in [5.74, 6) is 1.33. The third-order valence-corrected chi connectivity index (χ3v) is 5.41. The Balaban J connectivity index is 1.45. The first kappa shape index (κ1) is 16.5. The molecule has 2 aliphatic rings. The average Bonchev–Trinajstić information content (AvgIpc) is 3.23. The molecule has 126 valence electrons. The van der Waals surface area contributed by atoms with Gasteiger partial charge >= 0.3 is 5.97 Å². The number of benzene rings is 1. The largest absolute Gasteiger partial charge is 0.452 e. The van der Waals surface area contributed by atoms with Gasteiger partial charge in [-0.2, -0.15) is 5.26 Å². The summed E-state index contributed by atoms with van der Waals surface area (Å²) in [4.78, 5) is 23.9. The topological polar surface area (TPSA) is 79.2 Å². The van der Waals surface area contributed by atoms with E-state index in [0.29, 0.717) is 17.0 Å². The van der Waals surface area contributed by atoms with Crippen LogP contribution in [0.15, 0.2) is 24.3 Å². The highest BCUT2D eigenvalue weighted by Crippen LogP contribution is 2.49. The van der Waals surface area contributed by atoms with Crippen LogP contribution in [-0.2, 0) is 9.53 Å². The molecule has 2 fully saturated rings. The molecule has 0 saturated heterocycles. The van der Waals surface area contributed by atoms with Gasteiger partial charge in [-0.05, 0) is 68.2 Å². The summed E-state index contributed by atoms with van der Waals surface area (Å²) < 4.78 is 5.05. The molecule has 1 N–H and O–H groups in total. The number of nitrogens with one attached hydrogen (secondary N) is 1. The maximum Gasteiger partial charge on any atom is 0.338 e. The second kappa shape index (κ2) is 7.04. The van der Waals surface area contributed by atoms with Gasteiger partial charge in [0.25, 0.3) is 5.91 Å². The number of fused-ring (bicyclic) bond motifs is 2. The maximum absolute atomic E-state index is 12.0. The minimum absolute atomic E-state index is 0.126. The predicted molar refractivity (Wildman–Crippen MR) is 88.0 cm³/mol. The summed E-state index contributed by atoms with van der Waals surface area (Å²) >= 11 is 0. The van der Waals surface area contributed by atoms with Gasteiger partial charge in [-0.1, -0.05) is 6.42 Å². The van der Waals surface area contributed by atoms with Crippen molar-refractivity contribution < 1.29 is 14.3 Å². The lowest BCUT2D eigenvalue weighted by Crippen LogP contribution is -2.42. The second-order valence-electron chi connectivity index (χ2n) is 6.96. The van der Waals surface area contributed by atoms with Gasteiger partial charge in [0, 0.05) is 6.04 Å². The van der Waals surface area contributed by atoms with Crippen molar-refractivity contribution in [1.29, 1.82) is 5.26 Å². The SMILES string of the molecule is C[C@@H](NC(=O)COC(=O)c1ccc(C#N)cc1)[C@H]1C[C@H]2CC[C@H]1C2. The number of carbonyl (C=O) groups excluding carboxylic acids is 2. The van der Waals surface area contributed by atoms with Gasteiger partial charge in [-0.3, -0.25) is 4.79 Å². The first-order valence-corrected chi connectivity index (χ1v) is 8.53. The minimum atomic E-state index is -0.554. The van der Waals surface area contributed by atoms with E-state index in [-0.39, 0.29) is 18.6 Å². The van der Waals surface area contributed by atoms with Crippen LogP contribution in [0.3, 0.4) is 0 Å². The lowest BCUT2D eigenvalue weighted by Gasteiger charge is -2.28. The number of amides is 1. The highest BCUT2D eigenvalue weighted by molar-refractivity contribution is 5.91. The van der Waals surface area contributed by atoms with E-state index >= 15 is 0 Å². The molecule has 0 unspecified atom stereocenters. The van der Waals surface area contributed by atoms with Crippen LogP contribution in [0.4, 0.5) is 0 Å². The smallest absolute Gasteiger partial charge is 0.338 e. The van der Waals surface area contributed by atoms with Gasteiger partial charge < -0.3 is 10.1 Å². The molecule has 0 heterocycles. The Kier molecular flexibility index (Phi) is 4.84. The summed E-state index contributed by atoms with van der Waals surface area (Å²) in [5.41, 5.74) is 0.812. The second-order valence-corrected chi connectivity index (χ2v) is 6.96. The van der Waals surface area contributed by atoms with Crippen LogP contribution in [0.2, 0.25) is 0 Å². The molecule has 5 nitrogen and oxygen atoms in total. The molecule has 2 aliphatic carbocycles. The Bertz CT molecular complexity index is 662. The Morgan fingerprint density at radius 3 is 2.62 bits per heavy atom. The molecule has 2 bridgehead atoms. The zero-order valence-corrected chi connectivity index (χ0v) is 13.8. The Labute approximate surface area is 142 Å². The van der Waals surface area contributed by atoms with E-state index in [2.05, 4.69) is 5.32 Å². The van der Waals surface area contributed by atoms with Crippen LogP contribution < -0.4 is 5.32 Å². The number of carbonyl (C=O) groups is 2. The van der Waals surface area contributed by atoms with E-state index in [9.17, 15) is 9.59 Å². The molecule has 5 heteroatoms. The Morgan fingerprint density at radius 1 is 1.29 bits per heavy atom. The summed E-state index contributed by atoms with van der Waals surface area (Å²) in [7, 11) is 0. The molecule has 1 amide bonds. The van der Waals surface area contributed by atoms with E-state index in [1.165, 1.54) is 37.8 Å². The van der Waals surface area contributed by atoms with Gasteiger partial charge in [-0.25, -0.2) is 4.79 Å². The van der Waals surface area contributed by atoms with Crippen molar-refractivity contribution >= 4 is 11.9 Å². The van der Waals surface area contributed by atoms with Crippen LogP contribution in [0.5, 0.6) is 0 Å². The van der Waals surface area contributed by atoms with Gasteiger partial charge in [0.1, 0.15) is 0 Å². The standard InChI is InChI=1S/C19H22N2O3/c1-12(17-9-14-4-7-16(17)8-14)21-18(22)11-24-19(23)15-5-2-13(10-20)3-6-15/h2-3,5-6,12,14,16-17H,4,7-9,11H2,1H3,(H,21,22)/t12-,14+,16+,17-/m1/s1. The molecule has 0 aromatic heterocycles. The van der Waals surface area contributed by atoms with E-state index < -0.39 is 5.97 Å². The van der Waals surface area contributed by atoms with Crippen LogP contribution in [0.1, 0.15) is 48.5 Å². The molecular formula is C19H22N2O3. The van der Waals surface area contributed by atoms with Crippen LogP contribution in [0.25, 0.3) is 0 Å². The predicted octanol–water partition coefficient (Wildman–Crippen LogP) is 2.66. The van der Waals surface area contributed by atoms with E-state index in [0.717, 1.165) is 11.8 Å². The number of esters is 1. The third kappa shape index (κ3) is 3.59. The Morgan fingerprint density at radius 2 is 2.04 bits per heavy atom. The monoisotopic (exact) mass is 326 g/mol. The highest BCUT2D eigenvalue weighted by Gasteiger charge is 2.42. The minimum Gasteiger partial charge on any atom is -0.452 e. The fourth-order valence-electron chi connectivity index (χ4n) is 4.20. The van der Waals surface area contributed by atoms with Gasteiger partial charge in [0.15, 0.2) is 6.61 Å². The number of nitrogens with zero attached hydrogens (tertiary/aromatic N) is 1. The van der Waals surface area contributed by atoms with Crippen molar-refractivity contribution in [2.75, 3.05) is 6.61 Å². The van der Waals surface area contributed by atoms with Crippen molar-refractivity contribution in [3.63, 3.8) is 0 Å². The molecule has 4 atom stereocenters. The number of hydrogen-bond acceptors (Lipinski definition) is 4. The van der Waals surface area contributed by atoms with Gasteiger partial charge in [-0.15, -0.1) is 0 Å². The van der Waals surface area contributed by atoms with Gasteiger partial charge in [0.2, 0.25) is 0 Å². The summed E-state index contributed by atoms with van der Waals surface area (Å²) in [6, 6.07) is 8.26. The lowest BCUT2D eigenvalue weighted by atomic mass is 9.84. The zero-order valence-electron chi connectivity index (χ0n) is 13.8. The average molecular weight is 326 g/mol. The van der Waals surface area contributed by atoms with Gasteiger partial charge in [0.05, 0.1) is 17.2 Å². The number of rotatable bonds is 5. The first-order chi connectivity index (χ1) is 11.6. The summed E-state index contributed by atoms with van der Waals surface area (Å²) in [5, 5.41) is 11.7. The molecule has 1 aromatic rings. The molecule has 2 saturated carbocycles. The van der Waals surface area contributed by atoms with Crippen LogP contribution >= 0.6 is 0 Å². The maximum atomic E-state index is 12.0. The molecule has 1 aromatic carbocycles. The molecule has 0 spiro atoms. The molecule has 24 heavy (non-hydrogen) atoms. The fraction of sp³-hybridized carbons (Fsp3) is 0.526. The molecular weight excluding hydrogens is 304 g/mol. The molecule has 0 radical (unpaired) electrons. The Hall–Kier alpha value is -2.35. The van der Waals surface area contributed by atoms with Crippen molar-refractivity contribution in [2.24, 2.45) is 17.8 Å². The fourth-order valence-corrected chi connectivity index (χ4v) is 4.20. The number of nitriles is 1. The summed E-state index contributed by atoms with van der Waals surface area (Å²) in [6.45, 7) is 1.77. The normalized spacial score (nSPS) is 25.8. The first-order valence-electron chi connectivity index (χ1n) is 8.53. The van der Waals surface area contributed by atoms with Crippen molar-refractivity contribution in [1.82, 2.24) is 5.32 Å². The van der Waals surface area contributed by atoms with Crippen LogP contribution in [-0.4, -0.2) is 24.5 Å². The van der Waals surface area contributed by atoms with E-state index in [4.69, 9.17) is 10.00 Å². The van der Waals surface area contributed by atoms with E-state index in [1.807, 2.05) is 13.0 Å². The van der Waals surface area contributed by atoms with Crippen molar-refractivity contribution in [3.8, 4) is 6.07 Å².